The molecule has 0 unspecified atom stereocenters. The highest BCUT2D eigenvalue weighted by molar-refractivity contribution is 5.51. The molecule has 28 heavy (non-hydrogen) atoms. The lowest BCUT2D eigenvalue weighted by atomic mass is 10.2. The molecule has 1 aliphatic rings. The second-order valence-electron chi connectivity index (χ2n) is 7.37. The fourth-order valence-electron chi connectivity index (χ4n) is 3.63. The molecule has 3 aromatic rings. The van der Waals surface area contributed by atoms with Crippen LogP contribution in [0.25, 0.3) is 0 Å². The Kier molecular flexibility index (Phi) is 5.42. The number of aryl methyl sites for hydroxylation is 1. The maximum absolute atomic E-state index is 4.83. The molecule has 0 spiro atoms. The summed E-state index contributed by atoms with van der Waals surface area (Å²) in [5.74, 6) is 1.77. The van der Waals surface area contributed by atoms with Crippen LogP contribution in [0.1, 0.15) is 11.1 Å². The molecule has 1 fully saturated rings. The normalized spacial score (nSPS) is 14.2. The number of anilines is 3. The van der Waals surface area contributed by atoms with E-state index in [9.17, 15) is 0 Å². The van der Waals surface area contributed by atoms with Gasteiger partial charge in [-0.05, 0) is 36.2 Å². The van der Waals surface area contributed by atoms with E-state index in [1.807, 2.05) is 18.3 Å². The molecule has 0 amide bonds. The number of nitrogens with zero attached hydrogens (tertiary/aromatic N) is 5. The molecule has 0 aliphatic carbocycles. The van der Waals surface area contributed by atoms with Gasteiger partial charge in [-0.3, -0.25) is 0 Å². The molecule has 1 saturated heterocycles. The van der Waals surface area contributed by atoms with Crippen molar-refractivity contribution in [3.8, 4) is 0 Å². The van der Waals surface area contributed by atoms with Crippen LogP contribution in [0.15, 0.2) is 66.9 Å². The third-order valence-electron chi connectivity index (χ3n) is 5.21. The van der Waals surface area contributed by atoms with Crippen molar-refractivity contribution in [3.05, 3.63) is 78.0 Å². The Labute approximate surface area is 167 Å². The molecule has 0 bridgehead atoms. The molecule has 1 aromatic heterocycles. The van der Waals surface area contributed by atoms with E-state index in [-0.39, 0.29) is 0 Å². The van der Waals surface area contributed by atoms with E-state index in [2.05, 4.69) is 82.2 Å². The predicted molar refractivity (Wildman–Crippen MR) is 116 cm³/mol. The number of aromatic nitrogens is 2. The van der Waals surface area contributed by atoms with Crippen LogP contribution < -0.4 is 14.7 Å². The van der Waals surface area contributed by atoms with Crippen LogP contribution in [-0.4, -0.2) is 43.2 Å². The standard InChI is InChI=1S/C23H27N5/c1-19-7-6-10-21(17-19)27-13-15-28(16-14-27)23-24-12-11-22(25-23)26(2)18-20-8-4-3-5-9-20/h3-12,17H,13-16,18H2,1-2H3. The summed E-state index contributed by atoms with van der Waals surface area (Å²) in [5, 5.41) is 0. The zero-order valence-electron chi connectivity index (χ0n) is 16.6. The van der Waals surface area contributed by atoms with Crippen molar-refractivity contribution >= 4 is 17.5 Å². The highest BCUT2D eigenvalue weighted by atomic mass is 15.3. The lowest BCUT2D eigenvalue weighted by molar-refractivity contribution is 0.639. The minimum atomic E-state index is 0.821. The smallest absolute Gasteiger partial charge is 0.227 e. The van der Waals surface area contributed by atoms with Gasteiger partial charge in [0.1, 0.15) is 5.82 Å². The van der Waals surface area contributed by atoms with Crippen LogP contribution in [0.5, 0.6) is 0 Å². The van der Waals surface area contributed by atoms with E-state index in [1.165, 1.54) is 16.8 Å². The third-order valence-corrected chi connectivity index (χ3v) is 5.21. The van der Waals surface area contributed by atoms with Crippen molar-refractivity contribution in [2.45, 2.75) is 13.5 Å². The van der Waals surface area contributed by atoms with Gasteiger partial charge in [-0.1, -0.05) is 42.5 Å². The monoisotopic (exact) mass is 373 g/mol. The first-order chi connectivity index (χ1) is 13.7. The van der Waals surface area contributed by atoms with Crippen LogP contribution in [-0.2, 0) is 6.54 Å². The van der Waals surface area contributed by atoms with Crippen molar-refractivity contribution in [1.82, 2.24) is 9.97 Å². The van der Waals surface area contributed by atoms with Crippen molar-refractivity contribution in [3.63, 3.8) is 0 Å². The highest BCUT2D eigenvalue weighted by Crippen LogP contribution is 2.21. The summed E-state index contributed by atoms with van der Waals surface area (Å²) in [5.41, 5.74) is 3.88. The van der Waals surface area contributed by atoms with Gasteiger partial charge in [-0.2, -0.15) is 4.98 Å². The summed E-state index contributed by atoms with van der Waals surface area (Å²) < 4.78 is 0. The summed E-state index contributed by atoms with van der Waals surface area (Å²) in [6, 6.07) is 21.2. The first-order valence-electron chi connectivity index (χ1n) is 9.84. The summed E-state index contributed by atoms with van der Waals surface area (Å²) in [6.45, 7) is 6.80. The number of rotatable bonds is 5. The van der Waals surface area contributed by atoms with Gasteiger partial charge in [0.05, 0.1) is 0 Å². The van der Waals surface area contributed by atoms with E-state index < -0.39 is 0 Å². The highest BCUT2D eigenvalue weighted by Gasteiger charge is 2.20. The minimum absolute atomic E-state index is 0.821. The van der Waals surface area contributed by atoms with Gasteiger partial charge in [0.25, 0.3) is 0 Å². The van der Waals surface area contributed by atoms with Gasteiger partial charge in [0, 0.05) is 51.7 Å². The van der Waals surface area contributed by atoms with Gasteiger partial charge in [-0.25, -0.2) is 4.98 Å². The van der Waals surface area contributed by atoms with Crippen molar-refractivity contribution in [1.29, 1.82) is 0 Å². The molecule has 5 heteroatoms. The summed E-state index contributed by atoms with van der Waals surface area (Å²) >= 11 is 0. The Morgan fingerprint density at radius 2 is 1.64 bits per heavy atom. The first-order valence-corrected chi connectivity index (χ1v) is 9.84. The molecule has 4 rings (SSSR count). The summed E-state index contributed by atoms with van der Waals surface area (Å²) in [7, 11) is 2.08. The van der Waals surface area contributed by atoms with Crippen LogP contribution in [0, 0.1) is 6.92 Å². The number of hydrogen-bond acceptors (Lipinski definition) is 5. The van der Waals surface area contributed by atoms with Crippen molar-refractivity contribution in [2.75, 3.05) is 47.9 Å². The average molecular weight is 374 g/mol. The maximum atomic E-state index is 4.83. The lowest BCUT2D eigenvalue weighted by Gasteiger charge is -2.36. The second kappa shape index (κ2) is 8.30. The molecule has 2 aromatic carbocycles. The first kappa shape index (κ1) is 18.3. The fourth-order valence-corrected chi connectivity index (χ4v) is 3.63. The predicted octanol–water partition coefficient (Wildman–Crippen LogP) is 3.75. The lowest BCUT2D eigenvalue weighted by Crippen LogP contribution is -2.47. The third kappa shape index (κ3) is 4.25. The molecule has 0 radical (unpaired) electrons. The van der Waals surface area contributed by atoms with E-state index in [1.54, 1.807) is 0 Å². The quantitative estimate of drug-likeness (QED) is 0.681. The minimum Gasteiger partial charge on any atom is -0.368 e. The average Bonchev–Trinajstić information content (AvgIpc) is 2.75. The molecule has 2 heterocycles. The number of piperazine rings is 1. The maximum Gasteiger partial charge on any atom is 0.227 e. The molecule has 5 nitrogen and oxygen atoms in total. The molecular weight excluding hydrogens is 346 g/mol. The zero-order valence-corrected chi connectivity index (χ0v) is 16.6. The second-order valence-corrected chi connectivity index (χ2v) is 7.37. The van der Waals surface area contributed by atoms with Gasteiger partial charge in [0.2, 0.25) is 5.95 Å². The fraction of sp³-hybridized carbons (Fsp3) is 0.304. The van der Waals surface area contributed by atoms with E-state index in [0.717, 1.165) is 44.5 Å². The SMILES string of the molecule is Cc1cccc(N2CCN(c3nccc(N(C)Cc4ccccc4)n3)CC2)c1. The van der Waals surface area contributed by atoms with Crippen LogP contribution in [0.2, 0.25) is 0 Å². The summed E-state index contributed by atoms with van der Waals surface area (Å²) in [4.78, 5) is 16.3. The topological polar surface area (TPSA) is 35.5 Å². The molecule has 0 saturated carbocycles. The Balaban J connectivity index is 1.41. The molecule has 0 atom stereocenters. The van der Waals surface area contributed by atoms with Crippen molar-refractivity contribution < 1.29 is 0 Å². The molecule has 144 valence electrons. The number of benzene rings is 2. The molecule has 1 aliphatic heterocycles. The van der Waals surface area contributed by atoms with Gasteiger partial charge in [-0.15, -0.1) is 0 Å². The zero-order chi connectivity index (χ0) is 19.3. The van der Waals surface area contributed by atoms with Crippen LogP contribution in [0.3, 0.4) is 0 Å². The molecule has 0 N–H and O–H groups in total. The van der Waals surface area contributed by atoms with E-state index in [0.29, 0.717) is 0 Å². The Morgan fingerprint density at radius 1 is 0.893 bits per heavy atom. The van der Waals surface area contributed by atoms with Gasteiger partial charge in [0.15, 0.2) is 0 Å². The van der Waals surface area contributed by atoms with Crippen LogP contribution >= 0.6 is 0 Å². The van der Waals surface area contributed by atoms with E-state index >= 15 is 0 Å². The van der Waals surface area contributed by atoms with Gasteiger partial charge >= 0.3 is 0 Å². The number of hydrogen-bond donors (Lipinski definition) is 0. The Morgan fingerprint density at radius 3 is 2.39 bits per heavy atom. The Bertz CT molecular complexity index is 904. The summed E-state index contributed by atoms with van der Waals surface area (Å²) in [6.07, 6.45) is 1.87. The van der Waals surface area contributed by atoms with E-state index in [4.69, 9.17) is 4.98 Å². The molecular formula is C23H27N5. The largest absolute Gasteiger partial charge is 0.368 e. The van der Waals surface area contributed by atoms with Crippen LogP contribution in [0.4, 0.5) is 17.5 Å². The Hall–Kier alpha value is -3.08. The van der Waals surface area contributed by atoms with Gasteiger partial charge < -0.3 is 14.7 Å². The van der Waals surface area contributed by atoms with Crippen molar-refractivity contribution in [2.24, 2.45) is 0 Å².